The highest BCUT2D eigenvalue weighted by atomic mass is 16.5. The van der Waals surface area contributed by atoms with Gasteiger partial charge >= 0.3 is 0 Å². The number of aryl methyl sites for hydroxylation is 1. The Balaban J connectivity index is 1.60. The summed E-state index contributed by atoms with van der Waals surface area (Å²) in [5.41, 5.74) is 2.74. The van der Waals surface area contributed by atoms with E-state index in [2.05, 4.69) is 10.4 Å². The molecule has 21 heavy (non-hydrogen) atoms. The number of nitrogens with zero attached hydrogens (tertiary/aromatic N) is 2. The quantitative estimate of drug-likeness (QED) is 0.800. The summed E-state index contributed by atoms with van der Waals surface area (Å²) in [5.74, 6) is 0.497. The van der Waals surface area contributed by atoms with E-state index >= 15 is 0 Å². The molecule has 1 amide bonds. The Morgan fingerprint density at radius 1 is 1.29 bits per heavy atom. The Hall–Kier alpha value is -2.82. The van der Waals surface area contributed by atoms with Crippen LogP contribution in [0.2, 0.25) is 0 Å². The van der Waals surface area contributed by atoms with Crippen molar-refractivity contribution in [2.75, 3.05) is 11.9 Å². The number of anilines is 1. The number of rotatable bonds is 4. The molecule has 106 valence electrons. The summed E-state index contributed by atoms with van der Waals surface area (Å²) in [4.78, 5) is 11.9. The molecule has 0 saturated carbocycles. The lowest BCUT2D eigenvalue weighted by Gasteiger charge is -2.08. The number of hydrogen-bond acceptors (Lipinski definition) is 3. The van der Waals surface area contributed by atoms with Gasteiger partial charge in [-0.2, -0.15) is 5.10 Å². The fraction of sp³-hybridized carbons (Fsp3) is 0.125. The van der Waals surface area contributed by atoms with Gasteiger partial charge in [-0.05, 0) is 42.8 Å². The first-order valence-corrected chi connectivity index (χ1v) is 6.63. The normalized spacial score (nSPS) is 10.5. The number of ether oxygens (including phenoxy) is 1. The van der Waals surface area contributed by atoms with Gasteiger partial charge in [-0.15, -0.1) is 0 Å². The number of carbonyl (C=O) groups is 1. The molecule has 0 atom stereocenters. The number of carbonyl (C=O) groups excluding carboxylic acids is 1. The van der Waals surface area contributed by atoms with Crippen molar-refractivity contribution in [1.29, 1.82) is 0 Å². The van der Waals surface area contributed by atoms with E-state index in [1.54, 1.807) is 23.0 Å². The molecule has 0 aliphatic rings. The summed E-state index contributed by atoms with van der Waals surface area (Å²) in [7, 11) is 0. The topological polar surface area (TPSA) is 55.6 Å². The Morgan fingerprint density at radius 3 is 3.05 bits per heavy atom. The second-order valence-corrected chi connectivity index (χ2v) is 4.77. The zero-order valence-electron chi connectivity index (χ0n) is 11.6. The van der Waals surface area contributed by atoms with Gasteiger partial charge in [0.15, 0.2) is 6.61 Å². The molecule has 0 bridgehead atoms. The van der Waals surface area contributed by atoms with Crippen LogP contribution in [0.1, 0.15) is 5.56 Å². The lowest BCUT2D eigenvalue weighted by molar-refractivity contribution is -0.118. The maximum Gasteiger partial charge on any atom is 0.262 e. The van der Waals surface area contributed by atoms with Gasteiger partial charge in [0.1, 0.15) is 5.75 Å². The zero-order valence-corrected chi connectivity index (χ0v) is 11.6. The lowest BCUT2D eigenvalue weighted by atomic mass is 10.2. The third kappa shape index (κ3) is 3.20. The minimum atomic E-state index is -0.194. The third-order valence-electron chi connectivity index (χ3n) is 3.04. The average molecular weight is 281 g/mol. The second kappa shape index (κ2) is 5.66. The number of amides is 1. The van der Waals surface area contributed by atoms with Crippen molar-refractivity contribution in [2.24, 2.45) is 0 Å². The first-order chi connectivity index (χ1) is 10.2. The number of aromatic nitrogens is 2. The Labute approximate surface area is 122 Å². The molecule has 1 aromatic carbocycles. The zero-order chi connectivity index (χ0) is 14.7. The van der Waals surface area contributed by atoms with Gasteiger partial charge in [0.2, 0.25) is 0 Å². The molecule has 2 aromatic heterocycles. The molecule has 1 N–H and O–H groups in total. The largest absolute Gasteiger partial charge is 0.484 e. The van der Waals surface area contributed by atoms with Crippen LogP contribution in [0.5, 0.6) is 5.75 Å². The fourth-order valence-corrected chi connectivity index (χ4v) is 2.05. The summed E-state index contributed by atoms with van der Waals surface area (Å²) in [6.07, 6.45) is 3.51. The number of pyridine rings is 1. The lowest BCUT2D eigenvalue weighted by Crippen LogP contribution is -2.20. The van der Waals surface area contributed by atoms with Crippen molar-refractivity contribution in [3.8, 4) is 5.75 Å². The van der Waals surface area contributed by atoms with E-state index in [4.69, 9.17) is 4.74 Å². The van der Waals surface area contributed by atoms with Gasteiger partial charge in [-0.25, -0.2) is 4.52 Å². The standard InChI is InChI=1S/C16H15N3O2/c1-12-3-2-4-15(9-12)21-11-16(20)18-13-6-8-19-14(10-13)5-7-17-19/h2-10H,11H2,1H3,(H,18,20). The molecular formula is C16H15N3O2. The molecule has 0 fully saturated rings. The van der Waals surface area contributed by atoms with Gasteiger partial charge in [0, 0.05) is 18.1 Å². The van der Waals surface area contributed by atoms with Crippen LogP contribution in [0, 0.1) is 6.92 Å². The molecule has 0 aliphatic carbocycles. The highest BCUT2D eigenvalue weighted by Gasteiger charge is 2.05. The van der Waals surface area contributed by atoms with Crippen LogP contribution in [0.25, 0.3) is 5.52 Å². The molecule has 0 spiro atoms. The van der Waals surface area contributed by atoms with E-state index in [1.807, 2.05) is 43.3 Å². The van der Waals surface area contributed by atoms with E-state index in [9.17, 15) is 4.79 Å². The molecule has 0 saturated heterocycles. The Morgan fingerprint density at radius 2 is 2.19 bits per heavy atom. The maximum absolute atomic E-state index is 11.9. The first kappa shape index (κ1) is 13.2. The number of nitrogens with one attached hydrogen (secondary N) is 1. The van der Waals surface area contributed by atoms with E-state index in [1.165, 1.54) is 0 Å². The fourth-order valence-electron chi connectivity index (χ4n) is 2.05. The van der Waals surface area contributed by atoms with Gasteiger partial charge in [0.25, 0.3) is 5.91 Å². The summed E-state index contributed by atoms with van der Waals surface area (Å²) in [5, 5.41) is 6.91. The SMILES string of the molecule is Cc1cccc(OCC(=O)Nc2ccn3nccc3c2)c1. The molecule has 0 aliphatic heterocycles. The van der Waals surface area contributed by atoms with Crippen molar-refractivity contribution in [3.63, 3.8) is 0 Å². The summed E-state index contributed by atoms with van der Waals surface area (Å²) < 4.78 is 7.20. The predicted molar refractivity (Wildman–Crippen MR) is 80.5 cm³/mol. The molecule has 5 nitrogen and oxygen atoms in total. The Kier molecular flexibility index (Phi) is 3.55. The average Bonchev–Trinajstić information content (AvgIpc) is 2.93. The number of fused-ring (bicyclic) bond motifs is 1. The van der Waals surface area contributed by atoms with Crippen molar-refractivity contribution < 1.29 is 9.53 Å². The summed E-state index contributed by atoms with van der Waals surface area (Å²) in [6.45, 7) is 1.96. The van der Waals surface area contributed by atoms with Crippen molar-refractivity contribution in [1.82, 2.24) is 9.61 Å². The smallest absolute Gasteiger partial charge is 0.262 e. The molecular weight excluding hydrogens is 266 g/mol. The predicted octanol–water partition coefficient (Wildman–Crippen LogP) is 2.66. The van der Waals surface area contributed by atoms with Crippen LogP contribution >= 0.6 is 0 Å². The molecule has 5 heteroatoms. The van der Waals surface area contributed by atoms with Crippen LogP contribution in [-0.4, -0.2) is 22.1 Å². The molecule has 2 heterocycles. The molecule has 3 rings (SSSR count). The van der Waals surface area contributed by atoms with E-state index in [0.29, 0.717) is 5.75 Å². The van der Waals surface area contributed by atoms with Crippen molar-refractivity contribution in [3.05, 3.63) is 60.4 Å². The van der Waals surface area contributed by atoms with Gasteiger partial charge < -0.3 is 10.1 Å². The van der Waals surface area contributed by atoms with Gasteiger partial charge in [-0.3, -0.25) is 4.79 Å². The highest BCUT2D eigenvalue weighted by molar-refractivity contribution is 5.92. The summed E-state index contributed by atoms with van der Waals surface area (Å²) >= 11 is 0. The van der Waals surface area contributed by atoms with Crippen LogP contribution in [0.3, 0.4) is 0 Å². The monoisotopic (exact) mass is 281 g/mol. The molecule has 0 unspecified atom stereocenters. The third-order valence-corrected chi connectivity index (χ3v) is 3.04. The summed E-state index contributed by atoms with van der Waals surface area (Å²) in [6, 6.07) is 13.1. The minimum Gasteiger partial charge on any atom is -0.484 e. The number of hydrogen-bond donors (Lipinski definition) is 1. The van der Waals surface area contributed by atoms with Crippen LogP contribution in [0.15, 0.2) is 54.9 Å². The van der Waals surface area contributed by atoms with Gasteiger partial charge in [0.05, 0.1) is 5.52 Å². The Bertz CT molecular complexity index is 780. The van der Waals surface area contributed by atoms with E-state index in [-0.39, 0.29) is 12.5 Å². The molecule has 3 aromatic rings. The van der Waals surface area contributed by atoms with Crippen LogP contribution in [-0.2, 0) is 4.79 Å². The number of benzene rings is 1. The van der Waals surface area contributed by atoms with Gasteiger partial charge in [-0.1, -0.05) is 12.1 Å². The minimum absolute atomic E-state index is 0.0199. The second-order valence-electron chi connectivity index (χ2n) is 4.77. The highest BCUT2D eigenvalue weighted by Crippen LogP contribution is 2.13. The van der Waals surface area contributed by atoms with Crippen molar-refractivity contribution in [2.45, 2.75) is 6.92 Å². The van der Waals surface area contributed by atoms with Crippen molar-refractivity contribution >= 4 is 17.1 Å². The van der Waals surface area contributed by atoms with E-state index < -0.39 is 0 Å². The van der Waals surface area contributed by atoms with Crippen LogP contribution < -0.4 is 10.1 Å². The van der Waals surface area contributed by atoms with E-state index in [0.717, 1.165) is 16.8 Å². The first-order valence-electron chi connectivity index (χ1n) is 6.63. The molecule has 0 radical (unpaired) electrons. The van der Waals surface area contributed by atoms with Crippen LogP contribution in [0.4, 0.5) is 5.69 Å². The maximum atomic E-state index is 11.9.